The molecular weight excluding hydrogens is 298 g/mol. The highest BCUT2D eigenvalue weighted by molar-refractivity contribution is 7.93. The number of benzene rings is 1. The molecule has 0 amide bonds. The first kappa shape index (κ1) is 15.3. The van der Waals surface area contributed by atoms with Crippen LogP contribution in [0.4, 0.5) is 5.69 Å². The van der Waals surface area contributed by atoms with Crippen LogP contribution < -0.4 is 0 Å². The van der Waals surface area contributed by atoms with Crippen molar-refractivity contribution in [1.29, 1.82) is 0 Å². The molecule has 112 valence electrons. The maximum atomic E-state index is 12.7. The van der Waals surface area contributed by atoms with Crippen molar-refractivity contribution in [2.24, 2.45) is 5.11 Å². The molecule has 1 aromatic carbocycles. The van der Waals surface area contributed by atoms with Gasteiger partial charge in [-0.2, -0.15) is 0 Å². The van der Waals surface area contributed by atoms with Gasteiger partial charge in [0.2, 0.25) is 0 Å². The van der Waals surface area contributed by atoms with E-state index in [4.69, 9.17) is 10.3 Å². The van der Waals surface area contributed by atoms with Crippen LogP contribution in [0.25, 0.3) is 10.4 Å². The second kappa shape index (κ2) is 5.72. The van der Waals surface area contributed by atoms with E-state index in [0.717, 1.165) is 0 Å². The van der Waals surface area contributed by atoms with Crippen LogP contribution in [-0.2, 0) is 19.4 Å². The Morgan fingerprint density at radius 1 is 1.29 bits per heavy atom. The van der Waals surface area contributed by atoms with Crippen molar-refractivity contribution < 1.29 is 23.1 Å². The molecule has 0 aliphatic carbocycles. The van der Waals surface area contributed by atoms with Gasteiger partial charge in [0.1, 0.15) is 0 Å². The predicted molar refractivity (Wildman–Crippen MR) is 72.9 cm³/mol. The maximum absolute atomic E-state index is 12.7. The molecule has 1 aromatic rings. The normalized spacial score (nSPS) is 17.7. The Hall–Kier alpha value is -2.09. The summed E-state index contributed by atoms with van der Waals surface area (Å²) in [5.41, 5.74) is 8.57. The molecule has 1 aliphatic heterocycles. The number of hydrogen-bond donors (Lipinski definition) is 1. The molecule has 0 bridgehead atoms. The van der Waals surface area contributed by atoms with Gasteiger partial charge >= 0.3 is 5.97 Å². The summed E-state index contributed by atoms with van der Waals surface area (Å²) >= 11 is 0. The van der Waals surface area contributed by atoms with Gasteiger partial charge in [0.05, 0.1) is 4.90 Å². The SMILES string of the molecule is [N-]=[N+]=Nc1ccc(S(=O)(=O)C2(C(=O)O)CCOCC2)cc1. The Labute approximate surface area is 120 Å². The molecule has 21 heavy (non-hydrogen) atoms. The largest absolute Gasteiger partial charge is 0.480 e. The van der Waals surface area contributed by atoms with Crippen molar-refractivity contribution in [1.82, 2.24) is 0 Å². The number of nitrogens with zero attached hydrogens (tertiary/aromatic N) is 3. The molecular formula is C12H13N3O5S. The van der Waals surface area contributed by atoms with Gasteiger partial charge in [-0.15, -0.1) is 0 Å². The van der Waals surface area contributed by atoms with Crippen LogP contribution in [0.5, 0.6) is 0 Å². The first-order valence-electron chi connectivity index (χ1n) is 6.15. The van der Waals surface area contributed by atoms with Gasteiger partial charge in [0.15, 0.2) is 14.6 Å². The lowest BCUT2D eigenvalue weighted by molar-refractivity contribution is -0.142. The Morgan fingerprint density at radius 3 is 2.33 bits per heavy atom. The molecule has 0 radical (unpaired) electrons. The first-order valence-corrected chi connectivity index (χ1v) is 7.63. The predicted octanol–water partition coefficient (Wildman–Crippen LogP) is 2.04. The van der Waals surface area contributed by atoms with Gasteiger partial charge in [-0.1, -0.05) is 17.2 Å². The lowest BCUT2D eigenvalue weighted by Crippen LogP contribution is -2.50. The third kappa shape index (κ3) is 2.58. The molecule has 0 saturated carbocycles. The quantitative estimate of drug-likeness (QED) is 0.516. The van der Waals surface area contributed by atoms with Crippen LogP contribution in [0, 0.1) is 0 Å². The van der Waals surface area contributed by atoms with Crippen molar-refractivity contribution in [2.75, 3.05) is 13.2 Å². The van der Waals surface area contributed by atoms with Crippen molar-refractivity contribution in [3.63, 3.8) is 0 Å². The fourth-order valence-corrected chi connectivity index (χ4v) is 4.15. The summed E-state index contributed by atoms with van der Waals surface area (Å²) in [6.07, 6.45) is -0.189. The monoisotopic (exact) mass is 311 g/mol. The molecule has 1 saturated heterocycles. The van der Waals surface area contributed by atoms with Gasteiger partial charge in [-0.05, 0) is 17.7 Å². The molecule has 1 fully saturated rings. The average molecular weight is 311 g/mol. The highest BCUT2D eigenvalue weighted by Crippen LogP contribution is 2.35. The molecule has 0 spiro atoms. The maximum Gasteiger partial charge on any atom is 0.325 e. The summed E-state index contributed by atoms with van der Waals surface area (Å²) < 4.78 is 28.6. The second-order valence-electron chi connectivity index (χ2n) is 4.60. The van der Waals surface area contributed by atoms with Gasteiger partial charge in [-0.3, -0.25) is 4.79 Å². The molecule has 2 rings (SSSR count). The molecule has 1 N–H and O–H groups in total. The highest BCUT2D eigenvalue weighted by atomic mass is 32.2. The first-order chi connectivity index (χ1) is 9.94. The average Bonchev–Trinajstić information content (AvgIpc) is 2.48. The minimum atomic E-state index is -4.07. The topological polar surface area (TPSA) is 129 Å². The van der Waals surface area contributed by atoms with E-state index >= 15 is 0 Å². The minimum absolute atomic E-state index is 0.0857. The van der Waals surface area contributed by atoms with E-state index in [-0.39, 0.29) is 36.6 Å². The summed E-state index contributed by atoms with van der Waals surface area (Å²) in [7, 11) is -4.07. The van der Waals surface area contributed by atoms with E-state index in [9.17, 15) is 18.3 Å². The van der Waals surface area contributed by atoms with Crippen molar-refractivity contribution >= 4 is 21.5 Å². The van der Waals surface area contributed by atoms with Crippen LogP contribution in [0.1, 0.15) is 12.8 Å². The minimum Gasteiger partial charge on any atom is -0.480 e. The third-order valence-corrected chi connectivity index (χ3v) is 6.02. The van der Waals surface area contributed by atoms with E-state index in [1.54, 1.807) is 0 Å². The summed E-state index contributed by atoms with van der Waals surface area (Å²) in [6.45, 7) is 0.171. The molecule has 0 aromatic heterocycles. The van der Waals surface area contributed by atoms with E-state index in [2.05, 4.69) is 10.0 Å². The molecule has 0 unspecified atom stereocenters. The molecule has 9 heteroatoms. The number of rotatable bonds is 4. The van der Waals surface area contributed by atoms with Crippen molar-refractivity contribution in [2.45, 2.75) is 22.5 Å². The van der Waals surface area contributed by atoms with E-state index in [0.29, 0.717) is 0 Å². The number of carbonyl (C=O) groups is 1. The zero-order valence-corrected chi connectivity index (χ0v) is 11.8. The Kier molecular flexibility index (Phi) is 4.17. The van der Waals surface area contributed by atoms with Crippen molar-refractivity contribution in [3.05, 3.63) is 34.7 Å². The number of carboxylic acid groups (broad SMARTS) is 1. The number of sulfone groups is 1. The van der Waals surface area contributed by atoms with Gasteiger partial charge < -0.3 is 9.84 Å². The van der Waals surface area contributed by atoms with E-state index in [1.165, 1.54) is 24.3 Å². The van der Waals surface area contributed by atoms with Crippen molar-refractivity contribution in [3.8, 4) is 0 Å². The number of ether oxygens (including phenoxy) is 1. The summed E-state index contributed by atoms with van der Waals surface area (Å²) in [6, 6.07) is 5.17. The molecule has 1 aliphatic rings. The number of azide groups is 1. The number of carboxylic acids is 1. The Bertz CT molecular complexity index is 686. The zero-order valence-electron chi connectivity index (χ0n) is 11.0. The summed E-state index contributed by atoms with van der Waals surface area (Å²) in [5.74, 6) is -1.37. The van der Waals surface area contributed by atoms with Crippen LogP contribution in [0.3, 0.4) is 0 Å². The van der Waals surface area contributed by atoms with E-state index in [1.807, 2.05) is 0 Å². The lowest BCUT2D eigenvalue weighted by atomic mass is 9.99. The standard InChI is InChI=1S/C12H13N3O5S/c13-15-14-9-1-3-10(4-2-9)21(18,19)12(11(16)17)5-7-20-8-6-12/h1-4H,5-8H2,(H,16,17). The Balaban J connectivity index is 2.48. The number of aliphatic carboxylic acids is 1. The van der Waals surface area contributed by atoms with Crippen LogP contribution >= 0.6 is 0 Å². The van der Waals surface area contributed by atoms with Crippen LogP contribution in [0.2, 0.25) is 0 Å². The lowest BCUT2D eigenvalue weighted by Gasteiger charge is -2.32. The van der Waals surface area contributed by atoms with Gasteiger partial charge in [0, 0.05) is 36.7 Å². The molecule has 0 atom stereocenters. The second-order valence-corrected chi connectivity index (χ2v) is 6.86. The summed E-state index contributed by atoms with van der Waals surface area (Å²) in [4.78, 5) is 14.1. The summed E-state index contributed by atoms with van der Waals surface area (Å²) in [5, 5.41) is 12.8. The zero-order chi connectivity index (χ0) is 15.5. The van der Waals surface area contributed by atoms with Crippen LogP contribution in [-0.4, -0.2) is 37.5 Å². The molecule has 8 nitrogen and oxygen atoms in total. The van der Waals surface area contributed by atoms with Crippen LogP contribution in [0.15, 0.2) is 34.3 Å². The fraction of sp³-hybridized carbons (Fsp3) is 0.417. The number of hydrogen-bond acceptors (Lipinski definition) is 5. The fourth-order valence-electron chi connectivity index (χ4n) is 2.27. The molecule has 1 heterocycles. The smallest absolute Gasteiger partial charge is 0.325 e. The van der Waals surface area contributed by atoms with Gasteiger partial charge in [0.25, 0.3) is 0 Å². The van der Waals surface area contributed by atoms with Gasteiger partial charge in [-0.25, -0.2) is 8.42 Å². The Morgan fingerprint density at radius 2 is 1.86 bits per heavy atom. The highest BCUT2D eigenvalue weighted by Gasteiger charge is 2.52. The van der Waals surface area contributed by atoms with E-state index < -0.39 is 20.6 Å². The third-order valence-electron chi connectivity index (χ3n) is 3.51.